The summed E-state index contributed by atoms with van der Waals surface area (Å²) in [7, 11) is 0. The first-order valence-electron chi connectivity index (χ1n) is 5.49. The Kier molecular flexibility index (Phi) is 3.72. The van der Waals surface area contributed by atoms with Gasteiger partial charge in [-0.1, -0.05) is 18.2 Å². The van der Waals surface area contributed by atoms with Crippen molar-refractivity contribution in [1.82, 2.24) is 0 Å². The third-order valence-corrected chi connectivity index (χ3v) is 2.55. The second-order valence-electron chi connectivity index (χ2n) is 3.74. The van der Waals surface area contributed by atoms with E-state index in [2.05, 4.69) is 6.07 Å². The highest BCUT2D eigenvalue weighted by atomic mass is 16.5. The standard InChI is InChI=1S/C15H11NO2/c16-9-13-3-1-2-4-14(13)11-18-15-7-5-12(10-17)6-8-15/h1-8,10H,11H2. The van der Waals surface area contributed by atoms with Gasteiger partial charge in [0.25, 0.3) is 0 Å². The number of ether oxygens (including phenoxy) is 1. The maximum Gasteiger partial charge on any atom is 0.150 e. The van der Waals surface area contributed by atoms with Gasteiger partial charge in [0.05, 0.1) is 11.6 Å². The topological polar surface area (TPSA) is 50.1 Å². The van der Waals surface area contributed by atoms with Crippen LogP contribution in [-0.4, -0.2) is 6.29 Å². The van der Waals surface area contributed by atoms with E-state index in [4.69, 9.17) is 10.00 Å². The molecular formula is C15H11NO2. The lowest BCUT2D eigenvalue weighted by Gasteiger charge is -2.07. The highest BCUT2D eigenvalue weighted by Gasteiger charge is 2.01. The maximum atomic E-state index is 10.5. The third-order valence-electron chi connectivity index (χ3n) is 2.55. The normalized spacial score (nSPS) is 9.50. The van der Waals surface area contributed by atoms with Gasteiger partial charge in [-0.2, -0.15) is 5.26 Å². The van der Waals surface area contributed by atoms with E-state index in [0.29, 0.717) is 23.5 Å². The molecular weight excluding hydrogens is 226 g/mol. The van der Waals surface area contributed by atoms with Gasteiger partial charge in [-0.05, 0) is 30.3 Å². The van der Waals surface area contributed by atoms with E-state index in [9.17, 15) is 4.79 Å². The summed E-state index contributed by atoms with van der Waals surface area (Å²) < 4.78 is 5.57. The van der Waals surface area contributed by atoms with Crippen LogP contribution >= 0.6 is 0 Å². The summed E-state index contributed by atoms with van der Waals surface area (Å²) in [6, 6.07) is 16.3. The van der Waals surface area contributed by atoms with Crippen molar-refractivity contribution in [3.63, 3.8) is 0 Å². The van der Waals surface area contributed by atoms with E-state index in [1.165, 1.54) is 0 Å². The minimum atomic E-state index is 0.337. The van der Waals surface area contributed by atoms with E-state index >= 15 is 0 Å². The molecule has 0 aliphatic carbocycles. The molecule has 0 aliphatic rings. The van der Waals surface area contributed by atoms with Crippen LogP contribution in [0, 0.1) is 11.3 Å². The SMILES string of the molecule is N#Cc1ccccc1COc1ccc(C=O)cc1. The van der Waals surface area contributed by atoms with E-state index in [1.807, 2.05) is 18.2 Å². The summed E-state index contributed by atoms with van der Waals surface area (Å²) in [4.78, 5) is 10.5. The van der Waals surface area contributed by atoms with Crippen molar-refractivity contribution >= 4 is 6.29 Å². The molecule has 2 aromatic carbocycles. The molecule has 2 rings (SSSR count). The number of nitriles is 1. The van der Waals surface area contributed by atoms with Crippen LogP contribution in [0.3, 0.4) is 0 Å². The van der Waals surface area contributed by atoms with Crippen LogP contribution in [0.5, 0.6) is 5.75 Å². The Balaban J connectivity index is 2.07. The Bertz CT molecular complexity index is 582. The van der Waals surface area contributed by atoms with Crippen molar-refractivity contribution < 1.29 is 9.53 Å². The molecule has 3 nitrogen and oxygen atoms in total. The molecule has 0 fully saturated rings. The first-order chi connectivity index (χ1) is 8.83. The Labute approximate surface area is 105 Å². The first-order valence-corrected chi connectivity index (χ1v) is 5.49. The van der Waals surface area contributed by atoms with Crippen molar-refractivity contribution in [2.75, 3.05) is 0 Å². The van der Waals surface area contributed by atoms with Crippen molar-refractivity contribution in [3.8, 4) is 11.8 Å². The van der Waals surface area contributed by atoms with Crippen molar-refractivity contribution in [3.05, 3.63) is 65.2 Å². The molecule has 3 heteroatoms. The fourth-order valence-corrected chi connectivity index (χ4v) is 1.56. The molecule has 0 bridgehead atoms. The lowest BCUT2D eigenvalue weighted by molar-refractivity contribution is 0.112. The number of carbonyl (C=O) groups excluding carboxylic acids is 1. The van der Waals surface area contributed by atoms with Gasteiger partial charge in [0.15, 0.2) is 0 Å². The van der Waals surface area contributed by atoms with Crippen molar-refractivity contribution in [1.29, 1.82) is 5.26 Å². The smallest absolute Gasteiger partial charge is 0.150 e. The third kappa shape index (κ3) is 2.74. The summed E-state index contributed by atoms with van der Waals surface area (Å²) in [5.74, 6) is 0.674. The van der Waals surface area contributed by atoms with Gasteiger partial charge in [-0.15, -0.1) is 0 Å². The average molecular weight is 237 g/mol. The highest BCUT2D eigenvalue weighted by molar-refractivity contribution is 5.74. The molecule has 2 aromatic rings. The monoisotopic (exact) mass is 237 g/mol. The predicted molar refractivity (Wildman–Crippen MR) is 67.3 cm³/mol. The second-order valence-corrected chi connectivity index (χ2v) is 3.74. The lowest BCUT2D eigenvalue weighted by Crippen LogP contribution is -1.98. The van der Waals surface area contributed by atoms with Crippen LogP contribution in [0.1, 0.15) is 21.5 Å². The first kappa shape index (κ1) is 11.9. The van der Waals surface area contributed by atoms with Crippen molar-refractivity contribution in [2.45, 2.75) is 6.61 Å². The number of nitrogens with zero attached hydrogens (tertiary/aromatic N) is 1. The second kappa shape index (κ2) is 5.65. The van der Waals surface area contributed by atoms with E-state index < -0.39 is 0 Å². The summed E-state index contributed by atoms with van der Waals surface area (Å²) in [5, 5.41) is 8.94. The molecule has 0 saturated heterocycles. The fourth-order valence-electron chi connectivity index (χ4n) is 1.56. The zero-order valence-corrected chi connectivity index (χ0v) is 9.67. The molecule has 0 aliphatic heterocycles. The van der Waals surface area contributed by atoms with E-state index in [1.54, 1.807) is 30.3 Å². The van der Waals surface area contributed by atoms with Crippen LogP contribution in [0.25, 0.3) is 0 Å². The van der Waals surface area contributed by atoms with Gasteiger partial charge in [0, 0.05) is 11.1 Å². The van der Waals surface area contributed by atoms with Crippen LogP contribution < -0.4 is 4.74 Å². The fraction of sp³-hybridized carbons (Fsp3) is 0.0667. The lowest BCUT2D eigenvalue weighted by atomic mass is 10.1. The van der Waals surface area contributed by atoms with Gasteiger partial charge in [0.2, 0.25) is 0 Å². The molecule has 0 heterocycles. The van der Waals surface area contributed by atoms with Gasteiger partial charge in [-0.3, -0.25) is 4.79 Å². The largest absolute Gasteiger partial charge is 0.489 e. The number of benzene rings is 2. The molecule has 0 radical (unpaired) electrons. The molecule has 18 heavy (non-hydrogen) atoms. The molecule has 0 spiro atoms. The maximum absolute atomic E-state index is 10.5. The quantitative estimate of drug-likeness (QED) is 0.768. The molecule has 88 valence electrons. The summed E-state index contributed by atoms with van der Waals surface area (Å²) in [6.07, 6.45) is 0.786. The van der Waals surface area contributed by atoms with Gasteiger partial charge < -0.3 is 4.74 Å². The summed E-state index contributed by atoms with van der Waals surface area (Å²) in [6.45, 7) is 0.337. The molecule has 0 saturated carbocycles. The van der Waals surface area contributed by atoms with Gasteiger partial charge in [-0.25, -0.2) is 0 Å². The molecule has 0 amide bonds. The Morgan fingerprint density at radius 2 is 1.83 bits per heavy atom. The predicted octanol–water partition coefficient (Wildman–Crippen LogP) is 2.95. The number of hydrogen-bond donors (Lipinski definition) is 0. The zero-order valence-electron chi connectivity index (χ0n) is 9.67. The number of aldehydes is 1. The van der Waals surface area contributed by atoms with Crippen LogP contribution in [0.15, 0.2) is 48.5 Å². The van der Waals surface area contributed by atoms with Crippen LogP contribution in [0.2, 0.25) is 0 Å². The highest BCUT2D eigenvalue weighted by Crippen LogP contribution is 2.15. The van der Waals surface area contributed by atoms with Crippen LogP contribution in [0.4, 0.5) is 0 Å². The minimum Gasteiger partial charge on any atom is -0.489 e. The van der Waals surface area contributed by atoms with E-state index in [-0.39, 0.29) is 0 Å². The van der Waals surface area contributed by atoms with Gasteiger partial charge >= 0.3 is 0 Å². The Morgan fingerprint density at radius 1 is 1.11 bits per heavy atom. The summed E-state index contributed by atoms with van der Waals surface area (Å²) in [5.41, 5.74) is 2.07. The molecule has 0 atom stereocenters. The number of carbonyl (C=O) groups is 1. The molecule has 0 unspecified atom stereocenters. The minimum absolute atomic E-state index is 0.337. The van der Waals surface area contributed by atoms with Crippen molar-refractivity contribution in [2.24, 2.45) is 0 Å². The molecule has 0 aromatic heterocycles. The number of hydrogen-bond acceptors (Lipinski definition) is 3. The summed E-state index contributed by atoms with van der Waals surface area (Å²) >= 11 is 0. The zero-order chi connectivity index (χ0) is 12.8. The number of rotatable bonds is 4. The Morgan fingerprint density at radius 3 is 2.50 bits per heavy atom. The van der Waals surface area contributed by atoms with E-state index in [0.717, 1.165) is 11.8 Å². The van der Waals surface area contributed by atoms with Gasteiger partial charge in [0.1, 0.15) is 18.6 Å². The molecule has 0 N–H and O–H groups in total. The van der Waals surface area contributed by atoms with Crippen LogP contribution in [-0.2, 0) is 6.61 Å². The Hall–Kier alpha value is -2.60. The average Bonchev–Trinajstić information content (AvgIpc) is 2.46.